The molecular weight excluding hydrogens is 248 g/mol. The first-order chi connectivity index (χ1) is 8.17. The second kappa shape index (κ2) is 14.1. The molecule has 0 aromatic carbocycles. The highest BCUT2D eigenvalue weighted by atomic mass is 16.4. The van der Waals surface area contributed by atoms with Crippen LogP contribution in [0.15, 0.2) is 37.5 Å². The smallest absolute Gasteiger partial charge is 0.328 e. The van der Waals surface area contributed by atoms with Crippen LogP contribution in [0.1, 0.15) is 0 Å². The summed E-state index contributed by atoms with van der Waals surface area (Å²) in [6.45, 7) is 5.92. The predicted molar refractivity (Wildman–Crippen MR) is 60.1 cm³/mol. The first-order valence-electron chi connectivity index (χ1n) is 4.02. The maximum atomic E-state index is 9.55. The predicted octanol–water partition coefficient (Wildman–Crippen LogP) is 0.226. The zero-order valence-corrected chi connectivity index (χ0v) is 9.15. The fraction of sp³-hybridized carbons (Fsp3) is 0. The molecule has 4 N–H and O–H groups in total. The Morgan fingerprint density at radius 1 is 0.611 bits per heavy atom. The van der Waals surface area contributed by atoms with E-state index in [-0.39, 0.29) is 0 Å². The van der Waals surface area contributed by atoms with E-state index in [1.807, 2.05) is 0 Å². The maximum Gasteiger partial charge on any atom is 0.328 e. The molecule has 8 nitrogen and oxygen atoms in total. The molecule has 0 aromatic heterocycles. The molecule has 0 rings (SSSR count). The number of carboxylic acids is 4. The van der Waals surface area contributed by atoms with E-state index >= 15 is 0 Å². The number of rotatable bonds is 4. The highest BCUT2D eigenvalue weighted by molar-refractivity contribution is 5.89. The maximum absolute atomic E-state index is 9.55. The number of carbonyl (C=O) groups is 4. The fourth-order valence-electron chi connectivity index (χ4n) is 0.143. The Morgan fingerprint density at radius 2 is 0.778 bits per heavy atom. The number of hydrogen-bond donors (Lipinski definition) is 4. The van der Waals surface area contributed by atoms with Crippen LogP contribution in [-0.2, 0) is 19.2 Å². The highest BCUT2D eigenvalue weighted by Crippen LogP contribution is 1.70. The summed E-state index contributed by atoms with van der Waals surface area (Å²) in [7, 11) is 0. The van der Waals surface area contributed by atoms with Gasteiger partial charge in [0.15, 0.2) is 0 Å². The Kier molecular flexibility index (Phi) is 16.1. The summed E-state index contributed by atoms with van der Waals surface area (Å²) in [6.07, 6.45) is 2.78. The van der Waals surface area contributed by atoms with Gasteiger partial charge in [0.2, 0.25) is 0 Å². The minimum absolute atomic E-state index is 0.558. The van der Waals surface area contributed by atoms with E-state index in [0.717, 1.165) is 12.2 Å². The van der Waals surface area contributed by atoms with Gasteiger partial charge in [-0.05, 0) is 0 Å². The zero-order valence-electron chi connectivity index (χ0n) is 9.15. The van der Waals surface area contributed by atoms with E-state index in [9.17, 15) is 19.2 Å². The van der Waals surface area contributed by atoms with Crippen LogP contribution in [0.5, 0.6) is 0 Å². The first kappa shape index (κ1) is 20.5. The quantitative estimate of drug-likeness (QED) is 0.524. The van der Waals surface area contributed by atoms with Gasteiger partial charge in [-0.25, -0.2) is 19.2 Å². The number of aliphatic carboxylic acids is 4. The van der Waals surface area contributed by atoms with Gasteiger partial charge >= 0.3 is 23.9 Å². The van der Waals surface area contributed by atoms with Crippen LogP contribution in [0.25, 0.3) is 0 Å². The molecule has 0 radical (unpaired) electrons. The van der Waals surface area contributed by atoms with Crippen LogP contribution in [0.4, 0.5) is 0 Å². The van der Waals surface area contributed by atoms with Crippen molar-refractivity contribution in [3.8, 4) is 0 Å². The zero-order chi connectivity index (χ0) is 15.1. The molecule has 0 aliphatic carbocycles. The summed E-state index contributed by atoms with van der Waals surface area (Å²) in [5.74, 6) is -4.48. The molecule has 18 heavy (non-hydrogen) atoms. The lowest BCUT2D eigenvalue weighted by Gasteiger charge is -1.74. The normalized spacial score (nSPS) is 7.78. The minimum Gasteiger partial charge on any atom is -0.478 e. The van der Waals surface area contributed by atoms with Gasteiger partial charge in [-0.1, -0.05) is 13.2 Å². The monoisotopic (exact) mass is 260 g/mol. The van der Waals surface area contributed by atoms with Gasteiger partial charge in [0, 0.05) is 24.3 Å². The van der Waals surface area contributed by atoms with Gasteiger partial charge < -0.3 is 20.4 Å². The van der Waals surface area contributed by atoms with Crippen molar-refractivity contribution >= 4 is 23.9 Å². The standard InChI is InChI=1S/C4H4O4.2C3H4O2/c5-3(6)1-2-4(7)8;2*1-2-3(4)5/h1-2H,(H,5,6)(H,7,8);2*2H,1H2,(H,4,5)/b2-1+;;. The van der Waals surface area contributed by atoms with Crippen molar-refractivity contribution in [1.82, 2.24) is 0 Å². The summed E-state index contributed by atoms with van der Waals surface area (Å²) in [4.78, 5) is 37.6. The summed E-state index contributed by atoms with van der Waals surface area (Å²) < 4.78 is 0. The summed E-state index contributed by atoms with van der Waals surface area (Å²) in [6, 6.07) is 0. The highest BCUT2D eigenvalue weighted by Gasteiger charge is 1.88. The first-order valence-corrected chi connectivity index (χ1v) is 4.02. The van der Waals surface area contributed by atoms with Crippen LogP contribution in [-0.4, -0.2) is 44.3 Å². The molecule has 0 saturated carbocycles. The summed E-state index contributed by atoms with van der Waals surface area (Å²) >= 11 is 0. The van der Waals surface area contributed by atoms with Crippen molar-refractivity contribution in [2.24, 2.45) is 0 Å². The van der Waals surface area contributed by atoms with Crippen LogP contribution in [0.3, 0.4) is 0 Å². The molecule has 8 heteroatoms. The molecule has 0 amide bonds. The van der Waals surface area contributed by atoms with Gasteiger partial charge in [0.25, 0.3) is 0 Å². The molecule has 0 spiro atoms. The van der Waals surface area contributed by atoms with Gasteiger partial charge in [0.1, 0.15) is 0 Å². The molecular formula is C10H12O8. The van der Waals surface area contributed by atoms with Gasteiger partial charge in [-0.2, -0.15) is 0 Å². The van der Waals surface area contributed by atoms with E-state index in [4.69, 9.17) is 20.4 Å². The van der Waals surface area contributed by atoms with Crippen molar-refractivity contribution in [3.63, 3.8) is 0 Å². The molecule has 0 bridgehead atoms. The molecule has 0 aliphatic heterocycles. The SMILES string of the molecule is C=CC(=O)O.C=CC(=O)O.O=C(O)/C=C/C(=O)O. The topological polar surface area (TPSA) is 149 Å². The van der Waals surface area contributed by atoms with Crippen molar-refractivity contribution in [2.45, 2.75) is 0 Å². The van der Waals surface area contributed by atoms with Crippen molar-refractivity contribution in [1.29, 1.82) is 0 Å². The largest absolute Gasteiger partial charge is 0.478 e. The lowest BCUT2D eigenvalue weighted by molar-refractivity contribution is -0.134. The van der Waals surface area contributed by atoms with E-state index in [2.05, 4.69) is 13.2 Å². The van der Waals surface area contributed by atoms with E-state index in [1.165, 1.54) is 0 Å². The lowest BCUT2D eigenvalue weighted by Crippen LogP contribution is -1.91. The van der Waals surface area contributed by atoms with E-state index in [0.29, 0.717) is 12.2 Å². The molecule has 0 aromatic rings. The summed E-state index contributed by atoms with van der Waals surface area (Å²) in [5.41, 5.74) is 0. The Labute approximate surface area is 102 Å². The second-order valence-electron chi connectivity index (χ2n) is 2.09. The van der Waals surface area contributed by atoms with Crippen LogP contribution >= 0.6 is 0 Å². The molecule has 0 fully saturated rings. The van der Waals surface area contributed by atoms with Crippen LogP contribution in [0, 0.1) is 0 Å². The number of hydrogen-bond acceptors (Lipinski definition) is 4. The minimum atomic E-state index is -1.26. The van der Waals surface area contributed by atoms with Crippen LogP contribution in [0.2, 0.25) is 0 Å². The molecule has 0 aliphatic rings. The molecule has 0 atom stereocenters. The van der Waals surface area contributed by atoms with E-state index < -0.39 is 23.9 Å². The summed E-state index contributed by atoms with van der Waals surface area (Å²) in [5, 5.41) is 30.8. The molecule has 0 unspecified atom stereocenters. The van der Waals surface area contributed by atoms with Gasteiger partial charge in [0.05, 0.1) is 0 Å². The third kappa shape index (κ3) is 51.5. The van der Waals surface area contributed by atoms with E-state index in [1.54, 1.807) is 0 Å². The lowest BCUT2D eigenvalue weighted by atomic mass is 10.5. The third-order valence-corrected chi connectivity index (χ3v) is 0.718. The average molecular weight is 260 g/mol. The Bertz CT molecular complexity index is 319. The Morgan fingerprint density at radius 3 is 0.833 bits per heavy atom. The second-order valence-corrected chi connectivity index (χ2v) is 2.09. The molecule has 0 heterocycles. The van der Waals surface area contributed by atoms with Crippen molar-refractivity contribution < 1.29 is 39.6 Å². The number of carboxylic acid groups (broad SMARTS) is 4. The average Bonchev–Trinajstić information content (AvgIpc) is 2.27. The van der Waals surface area contributed by atoms with Crippen molar-refractivity contribution in [2.75, 3.05) is 0 Å². The third-order valence-electron chi connectivity index (χ3n) is 0.718. The van der Waals surface area contributed by atoms with Gasteiger partial charge in [-0.15, -0.1) is 0 Å². The molecule has 100 valence electrons. The Balaban J connectivity index is -0.000000197. The van der Waals surface area contributed by atoms with Crippen LogP contribution < -0.4 is 0 Å². The van der Waals surface area contributed by atoms with Crippen molar-refractivity contribution in [3.05, 3.63) is 37.5 Å². The fourth-order valence-corrected chi connectivity index (χ4v) is 0.143. The van der Waals surface area contributed by atoms with Gasteiger partial charge in [-0.3, -0.25) is 0 Å². The Hall–Kier alpha value is -2.90. The molecule has 0 saturated heterocycles.